The summed E-state index contributed by atoms with van der Waals surface area (Å²) < 4.78 is 49.5. The Morgan fingerprint density at radius 3 is 2.57 bits per heavy atom. The van der Waals surface area contributed by atoms with E-state index in [1.165, 1.54) is 12.1 Å². The van der Waals surface area contributed by atoms with Crippen LogP contribution < -0.4 is 5.73 Å². The standard InChI is InChI=1S/C15H20F3NO2/c16-15(17,18)13-4-2-1-3-12(13)14(19)10-21-9-11-5-7-20-8-6-11/h1-4,11,14H,5-10,19H2. The van der Waals surface area contributed by atoms with Gasteiger partial charge in [-0.15, -0.1) is 0 Å². The Morgan fingerprint density at radius 2 is 1.90 bits per heavy atom. The molecule has 118 valence electrons. The van der Waals surface area contributed by atoms with Gasteiger partial charge in [0.2, 0.25) is 0 Å². The molecule has 1 aromatic carbocycles. The van der Waals surface area contributed by atoms with E-state index < -0.39 is 17.8 Å². The third-order valence-corrected chi connectivity index (χ3v) is 3.66. The van der Waals surface area contributed by atoms with E-state index in [1.54, 1.807) is 6.07 Å². The van der Waals surface area contributed by atoms with Crippen LogP contribution in [-0.4, -0.2) is 26.4 Å². The average molecular weight is 303 g/mol. The Bertz CT molecular complexity index is 445. The smallest absolute Gasteiger partial charge is 0.381 e. The maximum Gasteiger partial charge on any atom is 0.416 e. The molecule has 0 aromatic heterocycles. The molecule has 0 bridgehead atoms. The van der Waals surface area contributed by atoms with Crippen LogP contribution in [0.4, 0.5) is 13.2 Å². The number of alkyl halides is 3. The highest BCUT2D eigenvalue weighted by molar-refractivity contribution is 5.32. The first-order valence-electron chi connectivity index (χ1n) is 7.05. The van der Waals surface area contributed by atoms with E-state index >= 15 is 0 Å². The fourth-order valence-electron chi connectivity index (χ4n) is 2.44. The van der Waals surface area contributed by atoms with Crippen LogP contribution in [0.25, 0.3) is 0 Å². The number of rotatable bonds is 5. The molecule has 1 atom stereocenters. The van der Waals surface area contributed by atoms with Crippen LogP contribution in [-0.2, 0) is 15.7 Å². The minimum absolute atomic E-state index is 0.0805. The normalized spacial score (nSPS) is 18.7. The molecule has 1 saturated heterocycles. The van der Waals surface area contributed by atoms with E-state index in [2.05, 4.69) is 0 Å². The summed E-state index contributed by atoms with van der Waals surface area (Å²) in [6, 6.07) is 4.60. The fraction of sp³-hybridized carbons (Fsp3) is 0.600. The molecule has 0 aliphatic carbocycles. The second kappa shape index (κ2) is 7.24. The summed E-state index contributed by atoms with van der Waals surface area (Å²) in [6.45, 7) is 2.05. The molecule has 2 rings (SSSR count). The maximum absolute atomic E-state index is 12.9. The summed E-state index contributed by atoms with van der Waals surface area (Å²) in [5, 5.41) is 0. The van der Waals surface area contributed by atoms with Crippen molar-refractivity contribution < 1.29 is 22.6 Å². The molecule has 3 nitrogen and oxygen atoms in total. The first-order chi connectivity index (χ1) is 9.98. The minimum atomic E-state index is -4.39. The largest absolute Gasteiger partial charge is 0.416 e. The zero-order valence-corrected chi connectivity index (χ0v) is 11.7. The van der Waals surface area contributed by atoms with Crippen molar-refractivity contribution in [2.45, 2.75) is 25.1 Å². The van der Waals surface area contributed by atoms with Crippen molar-refractivity contribution in [3.8, 4) is 0 Å². The van der Waals surface area contributed by atoms with Crippen molar-refractivity contribution in [1.29, 1.82) is 0 Å². The molecule has 1 unspecified atom stereocenters. The quantitative estimate of drug-likeness (QED) is 0.909. The lowest BCUT2D eigenvalue weighted by Gasteiger charge is -2.23. The summed E-state index contributed by atoms with van der Waals surface area (Å²) in [5.74, 6) is 0.406. The third kappa shape index (κ3) is 4.69. The van der Waals surface area contributed by atoms with E-state index in [4.69, 9.17) is 15.2 Å². The Labute approximate surface area is 122 Å². The van der Waals surface area contributed by atoms with Gasteiger partial charge < -0.3 is 15.2 Å². The molecular formula is C15H20F3NO2. The van der Waals surface area contributed by atoms with Crippen molar-refractivity contribution >= 4 is 0 Å². The first kappa shape index (κ1) is 16.3. The van der Waals surface area contributed by atoms with E-state index in [-0.39, 0.29) is 12.2 Å². The van der Waals surface area contributed by atoms with Crippen LogP contribution in [0.3, 0.4) is 0 Å². The molecule has 0 saturated carbocycles. The monoisotopic (exact) mass is 303 g/mol. The number of halogens is 3. The molecule has 1 aliphatic heterocycles. The summed E-state index contributed by atoms with van der Waals surface area (Å²) in [7, 11) is 0. The Hall–Kier alpha value is -1.11. The number of hydrogen-bond donors (Lipinski definition) is 1. The van der Waals surface area contributed by atoms with Crippen molar-refractivity contribution in [2.75, 3.05) is 26.4 Å². The highest BCUT2D eigenvalue weighted by Crippen LogP contribution is 2.34. The number of hydrogen-bond acceptors (Lipinski definition) is 3. The Morgan fingerprint density at radius 1 is 1.24 bits per heavy atom. The van der Waals surface area contributed by atoms with Gasteiger partial charge in [0.05, 0.1) is 18.2 Å². The van der Waals surface area contributed by atoms with Crippen LogP contribution >= 0.6 is 0 Å². The van der Waals surface area contributed by atoms with Crippen molar-refractivity contribution in [3.05, 3.63) is 35.4 Å². The predicted molar refractivity (Wildman–Crippen MR) is 72.7 cm³/mol. The van der Waals surface area contributed by atoms with E-state index in [9.17, 15) is 13.2 Å². The lowest BCUT2D eigenvalue weighted by Crippen LogP contribution is -2.25. The first-order valence-corrected chi connectivity index (χ1v) is 7.05. The predicted octanol–water partition coefficient (Wildman–Crippen LogP) is 3.15. The summed E-state index contributed by atoms with van der Waals surface area (Å²) in [4.78, 5) is 0. The van der Waals surface area contributed by atoms with E-state index in [1.807, 2.05) is 0 Å². The molecule has 1 fully saturated rings. The van der Waals surface area contributed by atoms with Gasteiger partial charge in [-0.2, -0.15) is 13.2 Å². The Balaban J connectivity index is 1.89. The van der Waals surface area contributed by atoms with Gasteiger partial charge >= 0.3 is 6.18 Å². The number of nitrogens with two attached hydrogens (primary N) is 1. The summed E-state index contributed by atoms with van der Waals surface area (Å²) in [5.41, 5.74) is 5.25. The Kier molecular flexibility index (Phi) is 5.61. The lowest BCUT2D eigenvalue weighted by atomic mass is 10.0. The minimum Gasteiger partial charge on any atom is -0.381 e. The van der Waals surface area contributed by atoms with Gasteiger partial charge in [-0.1, -0.05) is 18.2 Å². The van der Waals surface area contributed by atoms with Gasteiger partial charge in [-0.3, -0.25) is 0 Å². The molecule has 0 spiro atoms. The van der Waals surface area contributed by atoms with Gasteiger partial charge in [0.1, 0.15) is 0 Å². The number of benzene rings is 1. The van der Waals surface area contributed by atoms with Crippen molar-refractivity contribution in [1.82, 2.24) is 0 Å². The maximum atomic E-state index is 12.9. The molecule has 0 radical (unpaired) electrons. The fourth-order valence-corrected chi connectivity index (χ4v) is 2.44. The second-order valence-electron chi connectivity index (χ2n) is 5.28. The van der Waals surface area contributed by atoms with Gasteiger partial charge in [-0.25, -0.2) is 0 Å². The zero-order valence-electron chi connectivity index (χ0n) is 11.7. The van der Waals surface area contributed by atoms with Crippen LogP contribution in [0.2, 0.25) is 0 Å². The molecule has 1 aliphatic rings. The topological polar surface area (TPSA) is 44.5 Å². The van der Waals surface area contributed by atoms with Gasteiger partial charge in [0, 0.05) is 19.8 Å². The summed E-state index contributed by atoms with van der Waals surface area (Å²) >= 11 is 0. The van der Waals surface area contributed by atoms with Crippen molar-refractivity contribution in [3.63, 3.8) is 0 Å². The molecule has 2 N–H and O–H groups in total. The van der Waals surface area contributed by atoms with Crippen LogP contribution in [0.1, 0.15) is 30.0 Å². The van der Waals surface area contributed by atoms with Crippen LogP contribution in [0, 0.1) is 5.92 Å². The van der Waals surface area contributed by atoms with Gasteiger partial charge in [-0.05, 0) is 30.4 Å². The second-order valence-corrected chi connectivity index (χ2v) is 5.28. The highest BCUT2D eigenvalue weighted by Gasteiger charge is 2.34. The van der Waals surface area contributed by atoms with Crippen molar-refractivity contribution in [2.24, 2.45) is 11.7 Å². The number of ether oxygens (including phenoxy) is 2. The lowest BCUT2D eigenvalue weighted by molar-refractivity contribution is -0.138. The van der Waals surface area contributed by atoms with Gasteiger partial charge in [0.15, 0.2) is 0 Å². The molecule has 0 amide bonds. The van der Waals surface area contributed by atoms with E-state index in [0.717, 1.165) is 32.1 Å². The average Bonchev–Trinajstić information content (AvgIpc) is 2.47. The SMILES string of the molecule is NC(COCC1CCOCC1)c1ccccc1C(F)(F)F. The molecular weight excluding hydrogens is 283 g/mol. The summed E-state index contributed by atoms with van der Waals surface area (Å²) in [6.07, 6.45) is -2.54. The zero-order chi connectivity index (χ0) is 15.3. The highest BCUT2D eigenvalue weighted by atomic mass is 19.4. The molecule has 1 heterocycles. The molecule has 21 heavy (non-hydrogen) atoms. The molecule has 6 heteroatoms. The third-order valence-electron chi connectivity index (χ3n) is 3.66. The van der Waals surface area contributed by atoms with Gasteiger partial charge in [0.25, 0.3) is 0 Å². The molecule has 1 aromatic rings. The van der Waals surface area contributed by atoms with Crippen LogP contribution in [0.5, 0.6) is 0 Å². The van der Waals surface area contributed by atoms with E-state index in [0.29, 0.717) is 12.5 Å². The van der Waals surface area contributed by atoms with Crippen LogP contribution in [0.15, 0.2) is 24.3 Å².